The summed E-state index contributed by atoms with van der Waals surface area (Å²) in [5.41, 5.74) is 0. The van der Waals surface area contributed by atoms with E-state index in [1.807, 2.05) is 0 Å². The molecule has 0 saturated carbocycles. The number of ether oxygens (including phenoxy) is 1. The molecule has 118 valence electrons. The van der Waals surface area contributed by atoms with Gasteiger partial charge in [0.1, 0.15) is 12.4 Å². The lowest BCUT2D eigenvalue weighted by molar-refractivity contribution is 0.368. The quantitative estimate of drug-likeness (QED) is 0.432. The highest BCUT2D eigenvalue weighted by Crippen LogP contribution is 2.37. The van der Waals surface area contributed by atoms with Crippen molar-refractivity contribution in [2.24, 2.45) is 0 Å². The molecule has 0 bridgehead atoms. The van der Waals surface area contributed by atoms with Crippen LogP contribution in [0.4, 0.5) is 0 Å². The van der Waals surface area contributed by atoms with Crippen LogP contribution in [0, 0.1) is 0 Å². The van der Waals surface area contributed by atoms with Crippen molar-refractivity contribution in [1.29, 1.82) is 0 Å². The van der Waals surface area contributed by atoms with E-state index in [1.54, 1.807) is 6.08 Å². The number of para-hydroxylation sites is 1. The Morgan fingerprint density at radius 1 is 1.14 bits per heavy atom. The maximum atomic E-state index is 6.73. The van der Waals surface area contributed by atoms with Crippen LogP contribution >= 0.6 is 11.1 Å². The fourth-order valence-electron chi connectivity index (χ4n) is 2.20. The summed E-state index contributed by atoms with van der Waals surface area (Å²) in [6.45, 7) is 20.4. The van der Waals surface area contributed by atoms with Gasteiger partial charge in [0.15, 0.2) is 7.38 Å². The second-order valence-corrected chi connectivity index (χ2v) is 19.2. The molecule has 0 N–H and O–H groups in total. The molecule has 0 heterocycles. The average molecular weight is 341 g/mol. The molecule has 1 aromatic rings. The molecule has 0 amide bonds. The molecule has 1 aromatic carbocycles. The summed E-state index contributed by atoms with van der Waals surface area (Å²) in [5, 5.41) is 2.83. The lowest BCUT2D eigenvalue weighted by atomic mass is 10.2. The van der Waals surface area contributed by atoms with E-state index in [0.29, 0.717) is 6.61 Å². The van der Waals surface area contributed by atoms with E-state index in [1.165, 1.54) is 10.4 Å². The molecule has 0 aromatic heterocycles. The molecule has 0 atom stereocenters. The summed E-state index contributed by atoms with van der Waals surface area (Å²) < 4.78 is 6.09. The first kappa shape index (κ1) is 18.5. The second kappa shape index (κ2) is 6.31. The SMILES string of the molecule is C=CCOc1c([Si](C)(C)Cl)cccc1[Si](C)(C)C(C)(C)C. The Labute approximate surface area is 137 Å². The van der Waals surface area contributed by atoms with Crippen LogP contribution < -0.4 is 15.1 Å². The van der Waals surface area contributed by atoms with Crippen LogP contribution in [0.2, 0.25) is 31.2 Å². The third kappa shape index (κ3) is 4.02. The van der Waals surface area contributed by atoms with Crippen LogP contribution in [-0.4, -0.2) is 22.1 Å². The predicted octanol–water partition coefficient (Wildman–Crippen LogP) is 4.62. The number of benzene rings is 1. The number of halogens is 1. The zero-order valence-electron chi connectivity index (χ0n) is 14.5. The highest BCUT2D eigenvalue weighted by molar-refractivity contribution is 7.26. The van der Waals surface area contributed by atoms with Crippen LogP contribution in [0.15, 0.2) is 30.9 Å². The summed E-state index contributed by atoms with van der Waals surface area (Å²) in [5.74, 6) is 1.02. The molecule has 0 radical (unpaired) electrons. The fraction of sp³-hybridized carbons (Fsp3) is 0.529. The standard InChI is InChI=1S/C17H29ClOSi2/c1-9-13-19-16-14(20(5,6)17(2,3)4)11-10-12-15(16)21(7,8)18/h9-12H,1,13H2,2-8H3. The van der Waals surface area contributed by atoms with E-state index in [2.05, 4.69) is 71.7 Å². The summed E-state index contributed by atoms with van der Waals surface area (Å²) in [6.07, 6.45) is 1.80. The van der Waals surface area contributed by atoms with Crippen molar-refractivity contribution in [3.8, 4) is 5.75 Å². The van der Waals surface area contributed by atoms with Crippen molar-refractivity contribution in [3.63, 3.8) is 0 Å². The molecule has 0 aliphatic carbocycles. The van der Waals surface area contributed by atoms with Gasteiger partial charge in [-0.3, -0.25) is 0 Å². The summed E-state index contributed by atoms with van der Waals surface area (Å²) >= 11 is 6.73. The Kier molecular flexibility index (Phi) is 5.57. The zero-order valence-corrected chi connectivity index (χ0v) is 17.3. The minimum absolute atomic E-state index is 0.260. The predicted molar refractivity (Wildman–Crippen MR) is 102 cm³/mol. The highest BCUT2D eigenvalue weighted by atomic mass is 35.6. The van der Waals surface area contributed by atoms with E-state index in [9.17, 15) is 0 Å². The molecule has 0 aliphatic rings. The smallest absolute Gasteiger partial charge is 0.185 e. The third-order valence-electron chi connectivity index (χ3n) is 4.55. The van der Waals surface area contributed by atoms with Gasteiger partial charge in [-0.25, -0.2) is 0 Å². The second-order valence-electron chi connectivity index (χ2n) is 7.63. The maximum absolute atomic E-state index is 6.73. The molecule has 1 rings (SSSR count). The summed E-state index contributed by atoms with van der Waals surface area (Å²) in [6, 6.07) is 6.51. The van der Waals surface area contributed by atoms with Crippen LogP contribution in [0.1, 0.15) is 20.8 Å². The molecule has 0 aliphatic heterocycles. The Morgan fingerprint density at radius 3 is 2.10 bits per heavy atom. The van der Waals surface area contributed by atoms with Crippen molar-refractivity contribution in [2.75, 3.05) is 6.61 Å². The molecular weight excluding hydrogens is 312 g/mol. The molecule has 0 saturated heterocycles. The third-order valence-corrected chi connectivity index (χ3v) is 12.3. The average Bonchev–Trinajstić information content (AvgIpc) is 2.33. The van der Waals surface area contributed by atoms with Gasteiger partial charge in [0.05, 0.1) is 8.07 Å². The molecule has 1 nitrogen and oxygen atoms in total. The maximum Gasteiger partial charge on any atom is 0.185 e. The minimum Gasteiger partial charge on any atom is -0.490 e. The van der Waals surface area contributed by atoms with Gasteiger partial charge >= 0.3 is 0 Å². The van der Waals surface area contributed by atoms with Crippen LogP contribution in [0.25, 0.3) is 0 Å². The molecule has 4 heteroatoms. The normalized spacial score (nSPS) is 13.1. The van der Waals surface area contributed by atoms with Gasteiger partial charge in [0.2, 0.25) is 0 Å². The molecular formula is C17H29ClOSi2. The summed E-state index contributed by atoms with van der Waals surface area (Å²) in [4.78, 5) is 0. The van der Waals surface area contributed by atoms with E-state index < -0.39 is 15.5 Å². The number of rotatable bonds is 5. The van der Waals surface area contributed by atoms with Gasteiger partial charge in [-0.05, 0) is 15.4 Å². The summed E-state index contributed by atoms with van der Waals surface area (Å²) in [7, 11) is -3.64. The Hall–Kier alpha value is -0.516. The highest BCUT2D eigenvalue weighted by Gasteiger charge is 2.40. The van der Waals surface area contributed by atoms with Crippen molar-refractivity contribution in [1.82, 2.24) is 0 Å². The van der Waals surface area contributed by atoms with E-state index in [4.69, 9.17) is 15.8 Å². The van der Waals surface area contributed by atoms with E-state index >= 15 is 0 Å². The number of hydrogen-bond acceptors (Lipinski definition) is 1. The van der Waals surface area contributed by atoms with Crippen molar-refractivity contribution < 1.29 is 4.74 Å². The fourth-order valence-corrected chi connectivity index (χ4v) is 6.11. The molecule has 0 unspecified atom stereocenters. The van der Waals surface area contributed by atoms with Crippen LogP contribution in [0.5, 0.6) is 5.75 Å². The van der Waals surface area contributed by atoms with Gasteiger partial charge in [0.25, 0.3) is 0 Å². The first-order valence-corrected chi connectivity index (χ1v) is 14.5. The monoisotopic (exact) mass is 340 g/mol. The zero-order chi connectivity index (χ0) is 16.5. The number of hydrogen-bond donors (Lipinski definition) is 0. The van der Waals surface area contributed by atoms with Crippen molar-refractivity contribution in [3.05, 3.63) is 30.9 Å². The van der Waals surface area contributed by atoms with Crippen LogP contribution in [0.3, 0.4) is 0 Å². The van der Waals surface area contributed by atoms with Gasteiger partial charge in [-0.2, -0.15) is 11.1 Å². The van der Waals surface area contributed by atoms with Gasteiger partial charge in [-0.15, -0.1) is 0 Å². The molecule has 21 heavy (non-hydrogen) atoms. The first-order valence-electron chi connectivity index (χ1n) is 7.49. The molecule has 0 fully saturated rings. The van der Waals surface area contributed by atoms with Crippen LogP contribution in [-0.2, 0) is 0 Å². The first-order chi connectivity index (χ1) is 9.43. The van der Waals surface area contributed by atoms with E-state index in [-0.39, 0.29) is 5.04 Å². The lowest BCUT2D eigenvalue weighted by Crippen LogP contribution is -2.52. The topological polar surface area (TPSA) is 9.23 Å². The Morgan fingerprint density at radius 2 is 1.67 bits per heavy atom. The van der Waals surface area contributed by atoms with Gasteiger partial charge in [-0.1, -0.05) is 77.8 Å². The Bertz CT molecular complexity index is 511. The minimum atomic E-state index is -1.96. The van der Waals surface area contributed by atoms with E-state index in [0.717, 1.165) is 5.75 Å². The van der Waals surface area contributed by atoms with Gasteiger partial charge < -0.3 is 4.74 Å². The van der Waals surface area contributed by atoms with Crippen molar-refractivity contribution >= 4 is 36.9 Å². The largest absolute Gasteiger partial charge is 0.490 e. The lowest BCUT2D eigenvalue weighted by Gasteiger charge is -2.39. The molecule has 0 spiro atoms. The van der Waals surface area contributed by atoms with Crippen molar-refractivity contribution in [2.45, 2.75) is 52.0 Å². The Balaban J connectivity index is 3.55. The van der Waals surface area contributed by atoms with Gasteiger partial charge in [0, 0.05) is 0 Å².